The molecule has 1 aliphatic heterocycles. The molecule has 6 heavy (non-hydrogen) atoms. The van der Waals surface area contributed by atoms with E-state index in [0.717, 1.165) is 6.61 Å². The maximum atomic E-state index is 4.74. The molecule has 1 unspecified atom stereocenters. The molecule has 0 aromatic heterocycles. The van der Waals surface area contributed by atoms with Gasteiger partial charge in [0.25, 0.3) is 0 Å². The summed E-state index contributed by atoms with van der Waals surface area (Å²) in [5.74, 6) is 2.76. The van der Waals surface area contributed by atoms with Gasteiger partial charge in [0.2, 0.25) is 0 Å². The summed E-state index contributed by atoms with van der Waals surface area (Å²) < 4.78 is 4.74. The fraction of sp³-hybridized carbons (Fsp3) is 0.500. The lowest BCUT2D eigenvalue weighted by Gasteiger charge is -1.59. The van der Waals surface area contributed by atoms with Gasteiger partial charge in [0.1, 0.15) is 16.3 Å². The molecule has 0 bridgehead atoms. The average molecular weight is 95.2 g/mol. The van der Waals surface area contributed by atoms with Gasteiger partial charge in [-0.2, -0.15) is 0 Å². The summed E-state index contributed by atoms with van der Waals surface area (Å²) in [6.07, 6.45) is 0.238. The van der Waals surface area contributed by atoms with Crippen LogP contribution in [0.15, 0.2) is 0 Å². The molecule has 0 N–H and O–H groups in total. The highest BCUT2D eigenvalue weighted by Gasteiger charge is 2.17. The van der Waals surface area contributed by atoms with E-state index in [2.05, 4.69) is 21.7 Å². The molecule has 0 spiro atoms. The Kier molecular flexibility index (Phi) is 0.950. The Labute approximate surface area is 40.1 Å². The molecule has 29 valence electrons. The van der Waals surface area contributed by atoms with Crippen LogP contribution in [0, 0.1) is 11.5 Å². The summed E-state index contributed by atoms with van der Waals surface area (Å²) in [5.41, 5.74) is 2.56. The lowest BCUT2D eigenvalue weighted by atomic mass is 10.5. The Morgan fingerprint density at radius 3 is 2.67 bits per heavy atom. The van der Waals surface area contributed by atoms with E-state index in [1.807, 2.05) is 0 Å². The number of hydrogen-bond donors (Lipinski definition) is 0. The first kappa shape index (κ1) is 3.91. The van der Waals surface area contributed by atoms with Crippen LogP contribution in [0.5, 0.6) is 0 Å². The van der Waals surface area contributed by atoms with E-state index in [1.165, 1.54) is 0 Å². The summed E-state index contributed by atoms with van der Waals surface area (Å²) >= 11 is 0. The molecule has 1 fully saturated rings. The molecule has 1 saturated heterocycles. The van der Waals surface area contributed by atoms with Gasteiger partial charge in [-0.15, -0.1) is 5.54 Å². The largest absolute Gasteiger partial charge is 0.359 e. The SMILES string of the molecule is [Si]C#CC1CO1. The Morgan fingerprint density at radius 1 is 1.83 bits per heavy atom. The Bertz CT molecular complexity index is 95.9. The zero-order valence-corrected chi connectivity index (χ0v) is 4.19. The quantitative estimate of drug-likeness (QED) is 0.225. The summed E-state index contributed by atoms with van der Waals surface area (Å²) in [6, 6.07) is 0. The van der Waals surface area contributed by atoms with Gasteiger partial charge in [0, 0.05) is 0 Å². The topological polar surface area (TPSA) is 12.5 Å². The van der Waals surface area contributed by atoms with E-state index in [0.29, 0.717) is 0 Å². The Morgan fingerprint density at radius 2 is 2.50 bits per heavy atom. The zero-order chi connectivity index (χ0) is 4.41. The van der Waals surface area contributed by atoms with Crippen molar-refractivity contribution in [1.82, 2.24) is 0 Å². The Balaban J connectivity index is 2.27. The molecule has 3 radical (unpaired) electrons. The first-order valence-electron chi connectivity index (χ1n) is 1.72. The smallest absolute Gasteiger partial charge is 0.147 e. The van der Waals surface area contributed by atoms with Crippen LogP contribution in [0.2, 0.25) is 0 Å². The van der Waals surface area contributed by atoms with Crippen molar-refractivity contribution in [3.63, 3.8) is 0 Å². The summed E-state index contributed by atoms with van der Waals surface area (Å²) in [7, 11) is 2.99. The molecule has 0 aromatic carbocycles. The molecule has 0 amide bonds. The average Bonchev–Trinajstić information content (AvgIpc) is 2.21. The minimum atomic E-state index is 0.238. The van der Waals surface area contributed by atoms with Crippen molar-refractivity contribution >= 4 is 10.2 Å². The van der Waals surface area contributed by atoms with Gasteiger partial charge in [-0.25, -0.2) is 0 Å². The van der Waals surface area contributed by atoms with Crippen molar-refractivity contribution in [2.75, 3.05) is 6.61 Å². The van der Waals surface area contributed by atoms with Gasteiger partial charge in [0.05, 0.1) is 6.61 Å². The normalized spacial score (nSPS) is 27.8. The third kappa shape index (κ3) is 0.850. The highest BCUT2D eigenvalue weighted by Crippen LogP contribution is 2.04. The second-order valence-corrected chi connectivity index (χ2v) is 1.34. The van der Waals surface area contributed by atoms with Crippen LogP contribution >= 0.6 is 0 Å². The molecular formula is C4H3OSi. The van der Waals surface area contributed by atoms with Crippen LogP contribution in [0.3, 0.4) is 0 Å². The standard InChI is InChI=1S/C4H3OSi/c6-2-1-4-3-5-4/h4H,3H2. The molecule has 1 atom stereocenters. The van der Waals surface area contributed by atoms with Gasteiger partial charge in [-0.1, -0.05) is 5.92 Å². The molecule has 0 saturated carbocycles. The van der Waals surface area contributed by atoms with Gasteiger partial charge in [-0.3, -0.25) is 0 Å². The molecule has 2 heteroatoms. The van der Waals surface area contributed by atoms with Crippen molar-refractivity contribution in [3.8, 4) is 11.5 Å². The van der Waals surface area contributed by atoms with Crippen LogP contribution in [-0.2, 0) is 4.74 Å². The number of rotatable bonds is 0. The summed E-state index contributed by atoms with van der Waals surface area (Å²) in [4.78, 5) is 0. The predicted molar refractivity (Wildman–Crippen MR) is 23.3 cm³/mol. The van der Waals surface area contributed by atoms with Crippen LogP contribution in [0.4, 0.5) is 0 Å². The molecule has 0 aliphatic carbocycles. The minimum absolute atomic E-state index is 0.238. The second kappa shape index (κ2) is 1.46. The molecular weight excluding hydrogens is 92.1 g/mol. The Hall–Kier alpha value is -0.263. The number of epoxide rings is 1. The van der Waals surface area contributed by atoms with Gasteiger partial charge < -0.3 is 4.74 Å². The molecule has 1 heterocycles. The lowest BCUT2D eigenvalue weighted by Crippen LogP contribution is -1.71. The van der Waals surface area contributed by atoms with E-state index in [-0.39, 0.29) is 6.10 Å². The maximum Gasteiger partial charge on any atom is 0.147 e. The summed E-state index contributed by atoms with van der Waals surface area (Å²) in [6.45, 7) is 0.817. The van der Waals surface area contributed by atoms with Gasteiger partial charge in [0.15, 0.2) is 0 Å². The van der Waals surface area contributed by atoms with Gasteiger partial charge in [-0.05, 0) is 0 Å². The van der Waals surface area contributed by atoms with Crippen LogP contribution in [0.1, 0.15) is 0 Å². The molecule has 1 aliphatic rings. The van der Waals surface area contributed by atoms with Crippen molar-refractivity contribution in [2.45, 2.75) is 6.10 Å². The summed E-state index contributed by atoms with van der Waals surface area (Å²) in [5, 5.41) is 0. The van der Waals surface area contributed by atoms with E-state index in [1.54, 1.807) is 0 Å². The maximum absolute atomic E-state index is 4.74. The van der Waals surface area contributed by atoms with Crippen molar-refractivity contribution in [3.05, 3.63) is 0 Å². The van der Waals surface area contributed by atoms with Crippen LogP contribution in [-0.4, -0.2) is 23.0 Å². The highest BCUT2D eigenvalue weighted by molar-refractivity contribution is 6.22. The van der Waals surface area contributed by atoms with E-state index < -0.39 is 0 Å². The highest BCUT2D eigenvalue weighted by atomic mass is 28.1. The number of ether oxygens (including phenoxy) is 1. The monoisotopic (exact) mass is 95.0 g/mol. The molecule has 1 nitrogen and oxygen atoms in total. The predicted octanol–water partition coefficient (Wildman–Crippen LogP) is -0.485. The van der Waals surface area contributed by atoms with Crippen LogP contribution < -0.4 is 0 Å². The molecule has 0 aromatic rings. The zero-order valence-electron chi connectivity index (χ0n) is 3.19. The van der Waals surface area contributed by atoms with E-state index in [9.17, 15) is 0 Å². The van der Waals surface area contributed by atoms with Crippen LogP contribution in [0.25, 0.3) is 0 Å². The third-order valence-corrected chi connectivity index (χ3v) is 0.711. The second-order valence-electron chi connectivity index (χ2n) is 1.09. The van der Waals surface area contributed by atoms with Gasteiger partial charge >= 0.3 is 0 Å². The minimum Gasteiger partial charge on any atom is -0.359 e. The first-order valence-corrected chi connectivity index (χ1v) is 2.22. The fourth-order valence-corrected chi connectivity index (χ4v) is 0.373. The van der Waals surface area contributed by atoms with Crippen molar-refractivity contribution < 1.29 is 4.74 Å². The van der Waals surface area contributed by atoms with E-state index in [4.69, 9.17) is 4.74 Å². The van der Waals surface area contributed by atoms with E-state index >= 15 is 0 Å². The number of hydrogen-bond acceptors (Lipinski definition) is 1. The lowest BCUT2D eigenvalue weighted by molar-refractivity contribution is 0.445. The molecule has 1 rings (SSSR count). The first-order chi connectivity index (χ1) is 2.93. The fourth-order valence-electron chi connectivity index (χ4n) is 0.212. The third-order valence-electron chi connectivity index (χ3n) is 0.566. The van der Waals surface area contributed by atoms with Crippen molar-refractivity contribution in [2.24, 2.45) is 0 Å². The van der Waals surface area contributed by atoms with Crippen molar-refractivity contribution in [1.29, 1.82) is 0 Å².